The van der Waals surface area contributed by atoms with Gasteiger partial charge < -0.3 is 9.47 Å². The molecule has 3 nitrogen and oxygen atoms in total. The monoisotopic (exact) mass is 281 g/mol. The Morgan fingerprint density at radius 1 is 1.53 bits per heavy atom. The largest absolute Gasteiger partial charge is 0.379 e. The third-order valence-corrected chi connectivity index (χ3v) is 5.29. The van der Waals surface area contributed by atoms with E-state index in [0.29, 0.717) is 6.10 Å². The molecular formula is C15H23NO2S. The highest BCUT2D eigenvalue weighted by Gasteiger charge is 2.43. The number of hydrogen-bond donors (Lipinski definition) is 0. The first kappa shape index (κ1) is 13.6. The van der Waals surface area contributed by atoms with E-state index >= 15 is 0 Å². The Bertz CT molecular complexity index is 434. The van der Waals surface area contributed by atoms with E-state index in [1.807, 2.05) is 11.3 Å². The van der Waals surface area contributed by atoms with E-state index in [2.05, 4.69) is 24.0 Å². The fraction of sp³-hybridized carbons (Fsp3) is 0.733. The Hall–Kier alpha value is -0.420. The third-order valence-electron chi connectivity index (χ3n) is 4.30. The van der Waals surface area contributed by atoms with Gasteiger partial charge in [-0.05, 0) is 38.4 Å². The summed E-state index contributed by atoms with van der Waals surface area (Å²) in [5.74, 6) is 0. The van der Waals surface area contributed by atoms with Crippen LogP contribution in [0.3, 0.4) is 0 Å². The molecular weight excluding hydrogens is 258 g/mol. The van der Waals surface area contributed by atoms with Crippen molar-refractivity contribution in [1.29, 1.82) is 0 Å². The first-order valence-corrected chi connectivity index (χ1v) is 7.95. The van der Waals surface area contributed by atoms with Crippen LogP contribution in [0.15, 0.2) is 12.1 Å². The highest BCUT2D eigenvalue weighted by atomic mass is 32.1. The molecule has 2 aliphatic rings. The summed E-state index contributed by atoms with van der Waals surface area (Å²) in [6.45, 7) is 6.27. The van der Waals surface area contributed by atoms with E-state index in [4.69, 9.17) is 9.47 Å². The van der Waals surface area contributed by atoms with Gasteiger partial charge >= 0.3 is 0 Å². The summed E-state index contributed by atoms with van der Waals surface area (Å²) < 4.78 is 11.5. The normalized spacial score (nSPS) is 32.2. The zero-order chi connectivity index (χ0) is 13.3. The van der Waals surface area contributed by atoms with E-state index in [9.17, 15) is 0 Å². The van der Waals surface area contributed by atoms with Crippen molar-refractivity contribution in [3.05, 3.63) is 21.9 Å². The van der Waals surface area contributed by atoms with Gasteiger partial charge in [0.15, 0.2) is 0 Å². The second-order valence-corrected chi connectivity index (χ2v) is 7.25. The summed E-state index contributed by atoms with van der Waals surface area (Å²) >= 11 is 1.91. The lowest BCUT2D eigenvalue weighted by Crippen LogP contribution is -2.47. The quantitative estimate of drug-likeness (QED) is 0.850. The molecule has 0 amide bonds. The van der Waals surface area contributed by atoms with E-state index in [-0.39, 0.29) is 5.60 Å². The van der Waals surface area contributed by atoms with Crippen molar-refractivity contribution >= 4 is 11.3 Å². The maximum absolute atomic E-state index is 6.09. The second-order valence-electron chi connectivity index (χ2n) is 5.88. The maximum atomic E-state index is 6.09. The van der Waals surface area contributed by atoms with Gasteiger partial charge in [-0.3, -0.25) is 4.90 Å². The number of nitrogens with zero attached hydrogens (tertiary/aromatic N) is 1. The fourth-order valence-corrected chi connectivity index (χ4v) is 4.29. The number of aryl methyl sites for hydroxylation is 1. The van der Waals surface area contributed by atoms with Gasteiger partial charge in [0.2, 0.25) is 0 Å². The number of thiophene rings is 1. The first-order chi connectivity index (χ1) is 9.19. The standard InChI is InChI=1S/C15H23NO2S/c1-12-4-5-14(19-12)9-16-7-3-6-15(11-16)8-13(17-2)10-18-15/h4-5,13H,3,6-11H2,1-2H3/t13-,15-/m0/s1. The molecule has 1 aromatic rings. The number of hydrogen-bond acceptors (Lipinski definition) is 4. The summed E-state index contributed by atoms with van der Waals surface area (Å²) in [7, 11) is 1.79. The first-order valence-electron chi connectivity index (χ1n) is 7.14. The van der Waals surface area contributed by atoms with Crippen molar-refractivity contribution < 1.29 is 9.47 Å². The molecule has 2 saturated heterocycles. The number of rotatable bonds is 3. The number of ether oxygens (including phenoxy) is 2. The molecule has 0 radical (unpaired) electrons. The van der Waals surface area contributed by atoms with Gasteiger partial charge in [0.25, 0.3) is 0 Å². The predicted molar refractivity (Wildman–Crippen MR) is 77.7 cm³/mol. The highest BCUT2D eigenvalue weighted by molar-refractivity contribution is 7.11. The van der Waals surface area contributed by atoms with Crippen molar-refractivity contribution in [2.75, 3.05) is 26.8 Å². The van der Waals surface area contributed by atoms with Crippen molar-refractivity contribution in [2.24, 2.45) is 0 Å². The zero-order valence-electron chi connectivity index (χ0n) is 11.9. The minimum Gasteiger partial charge on any atom is -0.379 e. The van der Waals surface area contributed by atoms with Crippen molar-refractivity contribution in [2.45, 2.75) is 44.4 Å². The molecule has 4 heteroatoms. The number of likely N-dealkylation sites (tertiary alicyclic amines) is 1. The van der Waals surface area contributed by atoms with E-state index in [1.165, 1.54) is 29.1 Å². The van der Waals surface area contributed by atoms with Gasteiger partial charge in [-0.25, -0.2) is 0 Å². The fourth-order valence-electron chi connectivity index (χ4n) is 3.35. The van der Waals surface area contributed by atoms with Crippen LogP contribution in [-0.2, 0) is 16.0 Å². The van der Waals surface area contributed by atoms with Crippen LogP contribution in [0.5, 0.6) is 0 Å². The van der Waals surface area contributed by atoms with Crippen LogP contribution < -0.4 is 0 Å². The topological polar surface area (TPSA) is 21.7 Å². The Kier molecular flexibility index (Phi) is 3.94. The molecule has 0 saturated carbocycles. The van der Waals surface area contributed by atoms with Crippen LogP contribution in [0.2, 0.25) is 0 Å². The van der Waals surface area contributed by atoms with Crippen molar-refractivity contribution in [1.82, 2.24) is 4.90 Å². The van der Waals surface area contributed by atoms with Gasteiger partial charge in [0, 0.05) is 36.4 Å². The maximum Gasteiger partial charge on any atom is 0.0836 e. The van der Waals surface area contributed by atoms with Gasteiger partial charge in [0.1, 0.15) is 0 Å². The van der Waals surface area contributed by atoms with E-state index < -0.39 is 0 Å². The van der Waals surface area contributed by atoms with Crippen LogP contribution in [-0.4, -0.2) is 43.4 Å². The molecule has 0 aromatic carbocycles. The molecule has 3 rings (SSSR count). The van der Waals surface area contributed by atoms with Gasteiger partial charge in [0.05, 0.1) is 18.3 Å². The molecule has 2 fully saturated rings. The Balaban J connectivity index is 1.62. The summed E-state index contributed by atoms with van der Waals surface area (Å²) in [6, 6.07) is 4.47. The molecule has 3 heterocycles. The van der Waals surface area contributed by atoms with Crippen molar-refractivity contribution in [3.8, 4) is 0 Å². The Morgan fingerprint density at radius 2 is 2.42 bits per heavy atom. The van der Waals surface area contributed by atoms with Crippen LogP contribution >= 0.6 is 11.3 Å². The predicted octanol–water partition coefficient (Wildman–Crippen LogP) is 2.83. The zero-order valence-corrected chi connectivity index (χ0v) is 12.7. The van der Waals surface area contributed by atoms with Crippen molar-refractivity contribution in [3.63, 3.8) is 0 Å². The van der Waals surface area contributed by atoms with E-state index in [1.54, 1.807) is 7.11 Å². The summed E-state index contributed by atoms with van der Waals surface area (Å²) in [4.78, 5) is 5.42. The van der Waals surface area contributed by atoms with Crippen LogP contribution in [0.25, 0.3) is 0 Å². The highest BCUT2D eigenvalue weighted by Crippen LogP contribution is 2.36. The molecule has 0 aliphatic carbocycles. The second kappa shape index (κ2) is 5.52. The minimum atomic E-state index is 0.0607. The van der Waals surface area contributed by atoms with Crippen LogP contribution in [0.4, 0.5) is 0 Å². The molecule has 19 heavy (non-hydrogen) atoms. The minimum absolute atomic E-state index is 0.0607. The Labute approximate surface area is 119 Å². The lowest BCUT2D eigenvalue weighted by Gasteiger charge is -2.39. The molecule has 1 aromatic heterocycles. The van der Waals surface area contributed by atoms with Gasteiger partial charge in [-0.1, -0.05) is 0 Å². The van der Waals surface area contributed by atoms with Gasteiger partial charge in [-0.2, -0.15) is 0 Å². The molecule has 0 bridgehead atoms. The molecule has 2 atom stereocenters. The Morgan fingerprint density at radius 3 is 3.11 bits per heavy atom. The lowest BCUT2D eigenvalue weighted by molar-refractivity contribution is -0.0540. The van der Waals surface area contributed by atoms with Crippen LogP contribution in [0.1, 0.15) is 29.0 Å². The van der Waals surface area contributed by atoms with Gasteiger partial charge in [-0.15, -0.1) is 11.3 Å². The average molecular weight is 281 g/mol. The molecule has 0 N–H and O–H groups in total. The summed E-state index contributed by atoms with van der Waals surface area (Å²) in [6.07, 6.45) is 3.78. The average Bonchev–Trinajstić information content (AvgIpc) is 2.97. The third kappa shape index (κ3) is 3.02. The SMILES string of the molecule is CO[C@@H]1CO[C@@]2(CCCN(Cc3ccc(C)s3)C2)C1. The number of methoxy groups -OCH3 is 1. The summed E-state index contributed by atoms with van der Waals surface area (Å²) in [5.41, 5.74) is 0.0607. The molecule has 2 aliphatic heterocycles. The summed E-state index contributed by atoms with van der Waals surface area (Å²) in [5, 5.41) is 0. The lowest BCUT2D eigenvalue weighted by atomic mass is 9.89. The molecule has 106 valence electrons. The smallest absolute Gasteiger partial charge is 0.0836 e. The number of piperidine rings is 1. The van der Waals surface area contributed by atoms with E-state index in [0.717, 1.165) is 26.1 Å². The molecule has 0 unspecified atom stereocenters. The molecule has 1 spiro atoms. The van der Waals surface area contributed by atoms with Crippen LogP contribution in [0, 0.1) is 6.92 Å².